The molecule has 1 unspecified atom stereocenters. The van der Waals surface area contributed by atoms with Crippen LogP contribution in [0.15, 0.2) is 18.2 Å². The van der Waals surface area contributed by atoms with Gasteiger partial charge in [-0.2, -0.15) is 8.78 Å². The van der Waals surface area contributed by atoms with Gasteiger partial charge in [0.15, 0.2) is 11.5 Å². The molecule has 2 aliphatic heterocycles. The molecule has 22 heavy (non-hydrogen) atoms. The maximum Gasteiger partial charge on any atom is 0.387 e. The molecule has 0 saturated carbocycles. The van der Waals surface area contributed by atoms with E-state index in [2.05, 4.69) is 15.0 Å². The highest BCUT2D eigenvalue weighted by Crippen LogP contribution is 2.37. The molecule has 0 amide bonds. The second-order valence-corrected chi connectivity index (χ2v) is 6.25. The van der Waals surface area contributed by atoms with Crippen LogP contribution in [0.25, 0.3) is 0 Å². The third kappa shape index (κ3) is 3.33. The third-order valence-electron chi connectivity index (χ3n) is 4.70. The molecule has 122 valence electrons. The Hall–Kier alpha value is -1.40. The van der Waals surface area contributed by atoms with Crippen LogP contribution in [-0.4, -0.2) is 44.8 Å². The molecule has 2 fully saturated rings. The minimum Gasteiger partial charge on any atom is -0.493 e. The molecule has 3 rings (SSSR count). The van der Waals surface area contributed by atoms with Gasteiger partial charge < -0.3 is 14.8 Å². The number of methoxy groups -OCH3 is 1. The van der Waals surface area contributed by atoms with Gasteiger partial charge in [-0.25, -0.2) is 0 Å². The van der Waals surface area contributed by atoms with Crippen LogP contribution >= 0.6 is 0 Å². The molecule has 1 N–H and O–H groups in total. The Labute approximate surface area is 129 Å². The molecule has 1 spiro atoms. The van der Waals surface area contributed by atoms with Gasteiger partial charge in [-0.3, -0.25) is 4.90 Å². The van der Waals surface area contributed by atoms with E-state index in [4.69, 9.17) is 4.74 Å². The van der Waals surface area contributed by atoms with Gasteiger partial charge in [-0.15, -0.1) is 0 Å². The molecule has 2 saturated heterocycles. The summed E-state index contributed by atoms with van der Waals surface area (Å²) in [5, 5.41) is 3.44. The van der Waals surface area contributed by atoms with Crippen molar-refractivity contribution in [2.24, 2.45) is 5.41 Å². The van der Waals surface area contributed by atoms with Crippen LogP contribution in [0.5, 0.6) is 11.5 Å². The number of hydrogen-bond acceptors (Lipinski definition) is 4. The highest BCUT2D eigenvalue weighted by atomic mass is 19.3. The zero-order valence-electron chi connectivity index (χ0n) is 12.8. The molecular weight excluding hydrogens is 290 g/mol. The fourth-order valence-corrected chi connectivity index (χ4v) is 3.57. The van der Waals surface area contributed by atoms with Crippen molar-refractivity contribution < 1.29 is 18.3 Å². The minimum atomic E-state index is -2.84. The molecule has 0 bridgehead atoms. The average molecular weight is 312 g/mol. The van der Waals surface area contributed by atoms with Crippen molar-refractivity contribution in [2.45, 2.75) is 26.0 Å². The number of hydrogen-bond donors (Lipinski definition) is 1. The lowest BCUT2D eigenvalue weighted by Gasteiger charge is -2.23. The maximum absolute atomic E-state index is 12.5. The standard InChI is InChI=1S/C16H22F2N2O2/c1-21-13-3-2-12(8-14(13)22-15(17)18)9-20-7-5-16(11-20)4-6-19-10-16/h2-3,8,15,19H,4-7,9-11H2,1H3. The average Bonchev–Trinajstić information content (AvgIpc) is 3.09. The normalized spacial score (nSPS) is 25.3. The van der Waals surface area contributed by atoms with Crippen LogP contribution in [-0.2, 0) is 6.54 Å². The van der Waals surface area contributed by atoms with Gasteiger partial charge in [0.25, 0.3) is 0 Å². The van der Waals surface area contributed by atoms with E-state index in [1.165, 1.54) is 20.0 Å². The first-order valence-corrected chi connectivity index (χ1v) is 7.65. The first-order chi connectivity index (χ1) is 10.6. The number of nitrogens with one attached hydrogen (secondary N) is 1. The summed E-state index contributed by atoms with van der Waals surface area (Å²) < 4.78 is 34.6. The lowest BCUT2D eigenvalue weighted by molar-refractivity contribution is -0.0512. The quantitative estimate of drug-likeness (QED) is 0.906. The van der Waals surface area contributed by atoms with Crippen molar-refractivity contribution in [2.75, 3.05) is 33.3 Å². The van der Waals surface area contributed by atoms with Gasteiger partial charge in [-0.05, 0) is 49.0 Å². The van der Waals surface area contributed by atoms with E-state index < -0.39 is 6.61 Å². The van der Waals surface area contributed by atoms with Crippen LogP contribution < -0.4 is 14.8 Å². The Morgan fingerprint density at radius 1 is 1.32 bits per heavy atom. The van der Waals surface area contributed by atoms with Crippen molar-refractivity contribution in [1.82, 2.24) is 10.2 Å². The number of alkyl halides is 2. The van der Waals surface area contributed by atoms with Crippen molar-refractivity contribution in [3.8, 4) is 11.5 Å². The molecule has 0 aliphatic carbocycles. The summed E-state index contributed by atoms with van der Waals surface area (Å²) in [7, 11) is 1.45. The van der Waals surface area contributed by atoms with Crippen LogP contribution in [0.2, 0.25) is 0 Å². The summed E-state index contributed by atoms with van der Waals surface area (Å²) in [6.07, 6.45) is 2.43. The first kappa shape index (κ1) is 15.5. The summed E-state index contributed by atoms with van der Waals surface area (Å²) in [6.45, 7) is 2.22. The summed E-state index contributed by atoms with van der Waals surface area (Å²) in [4.78, 5) is 2.39. The van der Waals surface area contributed by atoms with Crippen LogP contribution in [0.4, 0.5) is 8.78 Å². The minimum absolute atomic E-state index is 0.103. The Kier molecular flexibility index (Phi) is 4.49. The predicted molar refractivity (Wildman–Crippen MR) is 79.4 cm³/mol. The zero-order chi connectivity index (χ0) is 15.6. The number of rotatable bonds is 5. The van der Waals surface area contributed by atoms with E-state index in [9.17, 15) is 8.78 Å². The van der Waals surface area contributed by atoms with E-state index in [0.29, 0.717) is 11.2 Å². The Balaban J connectivity index is 1.67. The lowest BCUT2D eigenvalue weighted by Crippen LogP contribution is -2.28. The van der Waals surface area contributed by atoms with E-state index in [1.54, 1.807) is 12.1 Å². The molecule has 2 heterocycles. The lowest BCUT2D eigenvalue weighted by atomic mass is 9.86. The SMILES string of the molecule is COc1ccc(CN2CCC3(CCNC3)C2)cc1OC(F)F. The monoisotopic (exact) mass is 312 g/mol. The number of benzene rings is 1. The number of ether oxygens (including phenoxy) is 2. The van der Waals surface area contributed by atoms with E-state index >= 15 is 0 Å². The second-order valence-electron chi connectivity index (χ2n) is 6.25. The van der Waals surface area contributed by atoms with Gasteiger partial charge in [0.1, 0.15) is 0 Å². The summed E-state index contributed by atoms with van der Waals surface area (Å²) in [6, 6.07) is 5.26. The van der Waals surface area contributed by atoms with Gasteiger partial charge in [0.2, 0.25) is 0 Å². The van der Waals surface area contributed by atoms with Crippen molar-refractivity contribution in [3.05, 3.63) is 23.8 Å². The predicted octanol–water partition coefficient (Wildman–Crippen LogP) is 2.48. The van der Waals surface area contributed by atoms with Gasteiger partial charge in [0, 0.05) is 19.6 Å². The van der Waals surface area contributed by atoms with Crippen LogP contribution in [0.1, 0.15) is 18.4 Å². The van der Waals surface area contributed by atoms with Gasteiger partial charge in [-0.1, -0.05) is 6.07 Å². The van der Waals surface area contributed by atoms with Gasteiger partial charge in [0.05, 0.1) is 7.11 Å². The van der Waals surface area contributed by atoms with Crippen molar-refractivity contribution >= 4 is 0 Å². The zero-order valence-corrected chi connectivity index (χ0v) is 12.8. The van der Waals surface area contributed by atoms with E-state index in [-0.39, 0.29) is 5.75 Å². The third-order valence-corrected chi connectivity index (χ3v) is 4.70. The molecule has 0 radical (unpaired) electrons. The molecule has 1 aromatic carbocycles. The second kappa shape index (κ2) is 6.38. The van der Waals surface area contributed by atoms with Crippen molar-refractivity contribution in [1.29, 1.82) is 0 Å². The number of nitrogens with zero attached hydrogens (tertiary/aromatic N) is 1. The number of likely N-dealkylation sites (tertiary alicyclic amines) is 1. The molecule has 0 aromatic heterocycles. The topological polar surface area (TPSA) is 33.7 Å². The molecule has 2 aliphatic rings. The molecule has 1 aromatic rings. The van der Waals surface area contributed by atoms with Crippen LogP contribution in [0.3, 0.4) is 0 Å². The van der Waals surface area contributed by atoms with Gasteiger partial charge >= 0.3 is 6.61 Å². The summed E-state index contributed by atoms with van der Waals surface area (Å²) in [5.41, 5.74) is 1.38. The highest BCUT2D eigenvalue weighted by molar-refractivity contribution is 5.43. The maximum atomic E-state index is 12.5. The Morgan fingerprint density at radius 3 is 2.86 bits per heavy atom. The Bertz CT molecular complexity index is 519. The van der Waals surface area contributed by atoms with Crippen LogP contribution in [0, 0.1) is 5.41 Å². The summed E-state index contributed by atoms with van der Waals surface area (Å²) >= 11 is 0. The highest BCUT2D eigenvalue weighted by Gasteiger charge is 2.40. The van der Waals surface area contributed by atoms with E-state index in [1.807, 2.05) is 6.07 Å². The smallest absolute Gasteiger partial charge is 0.387 e. The summed E-state index contributed by atoms with van der Waals surface area (Å²) in [5.74, 6) is 0.438. The molecular formula is C16H22F2N2O2. The molecule has 4 nitrogen and oxygen atoms in total. The van der Waals surface area contributed by atoms with Crippen molar-refractivity contribution in [3.63, 3.8) is 0 Å². The molecule has 1 atom stereocenters. The first-order valence-electron chi connectivity index (χ1n) is 7.65. The fraction of sp³-hybridized carbons (Fsp3) is 0.625. The molecule has 6 heteroatoms. The fourth-order valence-electron chi connectivity index (χ4n) is 3.57. The van der Waals surface area contributed by atoms with E-state index in [0.717, 1.165) is 38.3 Å². The largest absolute Gasteiger partial charge is 0.493 e. The number of halogens is 2. The Morgan fingerprint density at radius 2 is 2.18 bits per heavy atom.